The fourth-order valence-corrected chi connectivity index (χ4v) is 28.6. The number of imide groups is 1. The van der Waals surface area contributed by atoms with Gasteiger partial charge in [-0.2, -0.15) is 0 Å². The minimum atomic E-state index is -2.45. The molecular weight excluding hydrogens is 1700 g/mol. The van der Waals surface area contributed by atoms with Crippen LogP contribution in [0.15, 0.2) is 72.9 Å². The lowest BCUT2D eigenvalue weighted by Gasteiger charge is -2.47. The number of methoxy groups -OCH3 is 2. The lowest BCUT2D eigenvalue weighted by atomic mass is 9.81. The Bertz CT molecular complexity index is 4170. The molecule has 1 aromatic carbocycles. The lowest BCUT2D eigenvalue weighted by Crippen LogP contribution is -2.61. The van der Waals surface area contributed by atoms with Crippen molar-refractivity contribution in [2.24, 2.45) is 41.1 Å². The van der Waals surface area contributed by atoms with Crippen molar-refractivity contribution >= 4 is 28.4 Å². The Hall–Kier alpha value is -3.25. The summed E-state index contributed by atoms with van der Waals surface area (Å²) < 4.78 is 137. The average Bonchev–Trinajstić information content (AvgIpc) is 1.55. The molecule has 8 N–H and O–H groups in total. The molecule has 728 valence electrons. The Balaban J connectivity index is 0.000000174. The maximum Gasteiger partial charge on any atom is 0.261 e. The fraction of sp³-hybridized carbons (Fsp3) is 0.840. The first-order valence-electron chi connectivity index (χ1n) is 50.0. The van der Waals surface area contributed by atoms with Gasteiger partial charge in [-0.05, 0) is 198 Å². The van der Waals surface area contributed by atoms with Crippen molar-refractivity contribution in [1.29, 1.82) is 0 Å². The van der Waals surface area contributed by atoms with Crippen LogP contribution in [0.5, 0.6) is 0 Å². The first-order chi connectivity index (χ1) is 61.9. The highest BCUT2D eigenvalue weighted by molar-refractivity contribution is 6.74. The van der Waals surface area contributed by atoms with Crippen LogP contribution in [0.4, 0.5) is 0 Å². The molecule has 21 aliphatic rings. The summed E-state index contributed by atoms with van der Waals surface area (Å²) in [5.74, 6) is 6.04. The molecule has 12 unspecified atom stereocenters. The number of amides is 2. The van der Waals surface area contributed by atoms with E-state index >= 15 is 0 Å². The number of hydrogen-bond donors (Lipinski definition) is 5. The fourth-order valence-electron chi connectivity index (χ4n) is 25.8. The minimum absolute atomic E-state index is 0.000633. The molecule has 1 aromatic rings. The van der Waals surface area contributed by atoms with Crippen LogP contribution in [0.1, 0.15) is 243 Å². The maximum absolute atomic E-state index is 13.8. The summed E-state index contributed by atoms with van der Waals surface area (Å²) in [7, 11) is -1.07. The number of benzene rings is 1. The van der Waals surface area contributed by atoms with Crippen molar-refractivity contribution in [3.05, 3.63) is 84.0 Å². The third kappa shape index (κ3) is 19.2. The van der Waals surface area contributed by atoms with Crippen molar-refractivity contribution in [3.63, 3.8) is 0 Å². The molecule has 2 amide bonds. The van der Waals surface area contributed by atoms with Crippen molar-refractivity contribution < 1.29 is 114 Å². The van der Waals surface area contributed by atoms with Crippen LogP contribution < -0.4 is 17.4 Å². The molecule has 21 heterocycles. The zero-order valence-electron chi connectivity index (χ0n) is 79.9. The monoisotopic (exact) mass is 1850 g/mol. The van der Waals surface area contributed by atoms with E-state index in [9.17, 15) is 19.8 Å². The molecule has 22 rings (SSSR count). The normalized spacial score (nSPS) is 46.3. The second kappa shape index (κ2) is 38.4. The highest BCUT2D eigenvalue weighted by atomic mass is 28.4. The maximum atomic E-state index is 13.8. The van der Waals surface area contributed by atoms with Gasteiger partial charge in [-0.15, -0.1) is 0 Å². The number of carbonyl (C=O) groups is 2. The number of hydrogen-bond acceptors (Lipinski definition) is 27. The number of rotatable bonds is 13. The Morgan fingerprint density at radius 3 is 1.24 bits per heavy atom. The summed E-state index contributed by atoms with van der Waals surface area (Å²) in [6.45, 7) is 45.4. The average molecular weight is 1850 g/mol. The van der Waals surface area contributed by atoms with Gasteiger partial charge in [-0.3, -0.25) is 26.2 Å². The third-order valence-corrected chi connectivity index (χ3v) is 43.8. The molecule has 0 aromatic heterocycles. The predicted octanol–water partition coefficient (Wildman–Crippen LogP) is 12.7. The van der Waals surface area contributed by atoms with Gasteiger partial charge in [-0.1, -0.05) is 93.8 Å². The molecule has 40 atom stereocenters. The van der Waals surface area contributed by atoms with Gasteiger partial charge in [0.1, 0.15) is 61.0 Å². The van der Waals surface area contributed by atoms with Gasteiger partial charge in [0.05, 0.1) is 164 Å². The Morgan fingerprint density at radius 1 is 0.446 bits per heavy atom. The zero-order chi connectivity index (χ0) is 91.9. The van der Waals surface area contributed by atoms with E-state index in [1.54, 1.807) is 38.5 Å². The van der Waals surface area contributed by atoms with E-state index in [4.69, 9.17) is 99.8 Å². The van der Waals surface area contributed by atoms with Crippen LogP contribution >= 0.6 is 0 Å². The van der Waals surface area contributed by atoms with Gasteiger partial charge in [-0.25, -0.2) is 0 Å². The molecule has 28 nitrogen and oxygen atoms in total. The molecule has 24 bridgehead atoms. The number of nitrogens with two attached hydrogens (primary N) is 3. The summed E-state index contributed by atoms with van der Waals surface area (Å²) in [4.78, 5) is 29.0. The first-order valence-corrected chi connectivity index (χ1v) is 55.8. The van der Waals surface area contributed by atoms with Gasteiger partial charge >= 0.3 is 0 Å². The summed E-state index contributed by atoms with van der Waals surface area (Å²) in [6, 6.07) is 7.00. The van der Waals surface area contributed by atoms with Crippen molar-refractivity contribution in [3.8, 4) is 0 Å². The summed E-state index contributed by atoms with van der Waals surface area (Å²) in [5, 5.41) is 24.2. The number of nitrogens with zero attached hydrogens (tertiary/aromatic N) is 1. The Morgan fingerprint density at radius 2 is 0.823 bits per heavy atom. The van der Waals surface area contributed by atoms with E-state index in [1.807, 2.05) is 0 Å². The summed E-state index contributed by atoms with van der Waals surface area (Å²) >= 11 is 0. The zero-order valence-corrected chi connectivity index (χ0v) is 81.9. The van der Waals surface area contributed by atoms with Crippen LogP contribution in [0.25, 0.3) is 0 Å². The SMILES string of the molecule is C=C1C[C@@H]2CC[C@@]34C[C@@H]5O[C@H]6[C@@H](O3)[C@H]3OC(CC[C@@H]3O[C@H]6C5O4)CC(O)C[C@H]3[C@H](CC4O[C@@H](CCC1O2)C[C@@H](C)C4=C)OC(C[C@@H](CN)O[Si](C)(C)C(C)(C)C)[C@@H]3OC.C=C1C[C@@H]2CC[C@@]34C[C@@H]5O[C@H]6[C@@H](O3)[C@H]3OC(CC[C@@H]3O[C@H]6C5O4)CC(O)C[C@H]3[C@H](CC4O[C@@H](CCC1O2)C[C@@H](C)C4=C)OC(C[C@@H](CN1C(=O)c2ccccc2C1=O)O[Si](C)(C)C(C)(C)C)[C@@H]3OC.NN. The van der Waals surface area contributed by atoms with Crippen LogP contribution in [0.2, 0.25) is 36.3 Å². The highest BCUT2D eigenvalue weighted by Crippen LogP contribution is 2.58. The molecule has 0 saturated carbocycles. The number of aliphatic hydroxyl groups excluding tert-OH is 2. The molecule has 21 aliphatic heterocycles. The Kier molecular flexibility index (Phi) is 28.7. The van der Waals surface area contributed by atoms with E-state index in [0.29, 0.717) is 94.2 Å². The van der Waals surface area contributed by atoms with E-state index in [-0.39, 0.29) is 223 Å². The van der Waals surface area contributed by atoms with E-state index in [2.05, 4.69) is 120 Å². The standard InChI is InChI=1S/C54H77NO13Si.C46H75NO11Si.H4N2/c1-28-20-32-14-16-39-29(2)21-34(60-39)18-19-54-26-44-47(66-54)48-49(65-44)50(67-54)46-40(64-48)17-15-33(62-46)22-31(56)23-38-42(25-41(61-32)30(28)3)63-43(45(38)59-7)24-35(68-69(8,9)53(4,5)6)27-55-51(57)36-12-10-11-13-37(36)52(55)58;1-24-16-28-10-12-33-25(2)17-30(50-33)14-15-46-22-38-41(56-46)42-43(55-38)44(57-46)40-34(54-42)13-11-29(52-40)18-27(48)19-32-36(21-35(51-28)26(24)3)53-37(39(32)49-7)20-31(23-47)58-59(8,9)45(4,5)6;1-2/h10-13,28,31-35,38-50,56H,2-3,14-27H2,1,4-9H3;24,27-44,48H,2-3,10-23,47H2,1,4-9H3;1-2H2/t28-,31?,32+,33?,34+,35+,38+,39?,40+,41?,42+,43?,44+,45-,46+,47?,48+,49-,50+,54+;24-,27?,28+,29?,30+,31+,32+,33?,34+,35?,36+,37?,38+,39-,40+,41?,42+,43-,44+,46+;/m11./s1. The summed E-state index contributed by atoms with van der Waals surface area (Å²) in [5.41, 5.74) is 11.7. The molecule has 2 spiro atoms. The van der Waals surface area contributed by atoms with Crippen molar-refractivity contribution in [2.45, 2.75) is 478 Å². The lowest BCUT2D eigenvalue weighted by molar-refractivity contribution is -0.294. The first kappa shape index (κ1) is 97.0. The molecule has 0 aliphatic carbocycles. The van der Waals surface area contributed by atoms with Gasteiger partial charge in [0.15, 0.2) is 28.2 Å². The second-order valence-electron chi connectivity index (χ2n) is 45.4. The molecule has 20 fully saturated rings. The number of aliphatic hydroxyl groups is 2. The van der Waals surface area contributed by atoms with Crippen molar-refractivity contribution in [2.75, 3.05) is 27.3 Å². The smallest absolute Gasteiger partial charge is 0.261 e. The van der Waals surface area contributed by atoms with E-state index in [1.165, 1.54) is 4.90 Å². The highest BCUT2D eigenvalue weighted by Gasteiger charge is 2.71. The van der Waals surface area contributed by atoms with Gasteiger partial charge < -0.3 is 110 Å². The van der Waals surface area contributed by atoms with Gasteiger partial charge in [0.25, 0.3) is 11.8 Å². The van der Waals surface area contributed by atoms with Crippen molar-refractivity contribution in [1.82, 2.24) is 4.90 Å². The minimum Gasteiger partial charge on any atom is -0.413 e. The number of carbonyl (C=O) groups excluding carboxylic acids is 2. The van der Waals surface area contributed by atoms with Crippen LogP contribution in [-0.4, -0.2) is 290 Å². The molecule has 130 heavy (non-hydrogen) atoms. The number of fused-ring (bicyclic) bond motifs is 13. The molecule has 0 radical (unpaired) electrons. The number of ether oxygens (including phenoxy) is 18. The van der Waals surface area contributed by atoms with Crippen LogP contribution in [0.3, 0.4) is 0 Å². The van der Waals surface area contributed by atoms with Crippen LogP contribution in [-0.2, 0) is 94.1 Å². The Labute approximate surface area is 773 Å². The topological polar surface area (TPSA) is 340 Å². The van der Waals surface area contributed by atoms with Gasteiger partial charge in [0, 0.05) is 84.0 Å². The van der Waals surface area contributed by atoms with Gasteiger partial charge in [0.2, 0.25) is 0 Å². The molecular formula is C100H156N4O24Si2. The summed E-state index contributed by atoms with van der Waals surface area (Å²) in [6.07, 6.45) is 10.8. The third-order valence-electron chi connectivity index (χ3n) is 34.8. The number of hydrazine groups is 1. The van der Waals surface area contributed by atoms with E-state index in [0.717, 1.165) is 119 Å². The molecule has 20 saturated heterocycles. The van der Waals surface area contributed by atoms with E-state index < -0.39 is 58.7 Å². The molecule has 30 heteroatoms. The second-order valence-corrected chi connectivity index (χ2v) is 54.9. The predicted molar refractivity (Wildman–Crippen MR) is 488 cm³/mol. The quantitative estimate of drug-likeness (QED) is 0.0403. The van der Waals surface area contributed by atoms with Crippen LogP contribution in [0, 0.1) is 23.7 Å². The largest absolute Gasteiger partial charge is 0.413 e.